The molecular weight excluding hydrogens is 338 g/mol. The molecule has 2 fully saturated rings. The molecule has 2 saturated heterocycles. The maximum Gasteiger partial charge on any atom is 0.338 e. The van der Waals surface area contributed by atoms with Crippen LogP contribution < -0.4 is 0 Å². The minimum atomic E-state index is -1.83. The molecule has 146 valence electrons. The highest BCUT2D eigenvalue weighted by Gasteiger charge is 2.65. The lowest BCUT2D eigenvalue weighted by atomic mass is 9.75. The lowest BCUT2D eigenvalue weighted by Gasteiger charge is -2.40. The summed E-state index contributed by atoms with van der Waals surface area (Å²) in [6, 6.07) is 0. The van der Waals surface area contributed by atoms with Crippen molar-refractivity contribution in [2.45, 2.75) is 51.5 Å². The number of hydrogen-bond donors (Lipinski definition) is 2. The summed E-state index contributed by atoms with van der Waals surface area (Å²) in [5.74, 6) is -2.79. The van der Waals surface area contributed by atoms with E-state index < -0.39 is 41.2 Å². The second-order valence-electron chi connectivity index (χ2n) is 8.75. The number of quaternary nitrogens is 1. The fourth-order valence-electron chi connectivity index (χ4n) is 4.77. The zero-order valence-corrected chi connectivity index (χ0v) is 16.2. The molecule has 0 unspecified atom stereocenters. The van der Waals surface area contributed by atoms with Gasteiger partial charge in [-0.25, -0.2) is 4.79 Å². The van der Waals surface area contributed by atoms with Crippen LogP contribution in [0.25, 0.3) is 0 Å². The molecular formula is C19H30NO6+. The third-order valence-electron chi connectivity index (χ3n) is 6.82. The van der Waals surface area contributed by atoms with E-state index >= 15 is 0 Å². The van der Waals surface area contributed by atoms with Crippen LogP contribution in [-0.4, -0.2) is 70.8 Å². The molecule has 7 heteroatoms. The minimum absolute atomic E-state index is 0.119. The Bertz CT molecular complexity index is 656. The van der Waals surface area contributed by atoms with Crippen LogP contribution in [-0.2, 0) is 19.1 Å². The van der Waals surface area contributed by atoms with E-state index in [0.717, 1.165) is 0 Å². The van der Waals surface area contributed by atoms with Crippen molar-refractivity contribution in [3.05, 3.63) is 11.6 Å². The molecule has 0 aromatic heterocycles. The number of ether oxygens (including phenoxy) is 2. The normalized spacial score (nSPS) is 46.3. The van der Waals surface area contributed by atoms with Crippen molar-refractivity contribution < 1.29 is 33.8 Å². The van der Waals surface area contributed by atoms with Crippen LogP contribution in [0.1, 0.15) is 34.1 Å². The van der Waals surface area contributed by atoms with Gasteiger partial charge < -0.3 is 19.7 Å². The summed E-state index contributed by atoms with van der Waals surface area (Å²) in [6.45, 7) is 7.88. The highest BCUT2D eigenvalue weighted by Crippen LogP contribution is 2.46. The van der Waals surface area contributed by atoms with E-state index in [9.17, 15) is 19.8 Å². The second kappa shape index (κ2) is 6.04. The van der Waals surface area contributed by atoms with Gasteiger partial charge >= 0.3 is 11.9 Å². The van der Waals surface area contributed by atoms with Crippen molar-refractivity contribution in [3.63, 3.8) is 0 Å². The van der Waals surface area contributed by atoms with Crippen LogP contribution in [0, 0.1) is 17.8 Å². The van der Waals surface area contributed by atoms with Gasteiger partial charge in [0.15, 0.2) is 11.7 Å². The van der Waals surface area contributed by atoms with E-state index in [1.165, 1.54) is 6.92 Å². The molecule has 3 rings (SSSR count). The van der Waals surface area contributed by atoms with E-state index in [0.29, 0.717) is 29.6 Å². The number of rotatable bonds is 1. The number of carbonyl (C=O) groups is 2. The fourth-order valence-corrected chi connectivity index (χ4v) is 4.77. The van der Waals surface area contributed by atoms with Gasteiger partial charge in [0, 0.05) is 12.3 Å². The van der Waals surface area contributed by atoms with Crippen LogP contribution in [0.3, 0.4) is 0 Å². The quantitative estimate of drug-likeness (QED) is 0.400. The first kappa shape index (κ1) is 19.3. The smallest absolute Gasteiger partial charge is 0.338 e. The molecule has 3 heterocycles. The highest BCUT2D eigenvalue weighted by molar-refractivity contribution is 5.82. The SMILES string of the molecule is CC(C)[C@H]1C(=O)O[C@@H]2CC[N@+]3(C)CC=C(COC(=O)[C@](C)(O)[C@H]1C)[C@]23O. The van der Waals surface area contributed by atoms with Gasteiger partial charge in [-0.15, -0.1) is 0 Å². The van der Waals surface area contributed by atoms with Crippen molar-refractivity contribution in [1.82, 2.24) is 0 Å². The van der Waals surface area contributed by atoms with Crippen molar-refractivity contribution in [2.75, 3.05) is 26.7 Å². The molecule has 7 nitrogen and oxygen atoms in total. The molecule has 0 saturated carbocycles. The van der Waals surface area contributed by atoms with Crippen LogP contribution in [0.4, 0.5) is 0 Å². The number of aliphatic hydroxyl groups is 2. The monoisotopic (exact) mass is 368 g/mol. The Kier molecular flexibility index (Phi) is 4.49. The van der Waals surface area contributed by atoms with Crippen LogP contribution in [0.5, 0.6) is 0 Å². The van der Waals surface area contributed by atoms with Gasteiger partial charge in [-0.1, -0.05) is 20.8 Å². The van der Waals surface area contributed by atoms with Gasteiger partial charge in [-0.2, -0.15) is 0 Å². The van der Waals surface area contributed by atoms with E-state index in [4.69, 9.17) is 9.47 Å². The third-order valence-corrected chi connectivity index (χ3v) is 6.82. The number of hydrogen-bond acceptors (Lipinski definition) is 6. The summed E-state index contributed by atoms with van der Waals surface area (Å²) in [5.41, 5.74) is -2.68. The Labute approximate surface area is 154 Å². The van der Waals surface area contributed by atoms with E-state index in [2.05, 4.69) is 0 Å². The Balaban J connectivity index is 2.05. The lowest BCUT2D eigenvalue weighted by molar-refractivity contribution is -0.955. The van der Waals surface area contributed by atoms with Crippen LogP contribution >= 0.6 is 0 Å². The third kappa shape index (κ3) is 2.52. The van der Waals surface area contributed by atoms with Crippen molar-refractivity contribution in [3.8, 4) is 0 Å². The molecule has 2 N–H and O–H groups in total. The summed E-state index contributed by atoms with van der Waals surface area (Å²) in [4.78, 5) is 25.6. The molecule has 6 atom stereocenters. The Morgan fingerprint density at radius 2 is 1.96 bits per heavy atom. The average molecular weight is 368 g/mol. The fraction of sp³-hybridized carbons (Fsp3) is 0.789. The maximum atomic E-state index is 13.0. The Morgan fingerprint density at radius 3 is 2.58 bits per heavy atom. The molecule has 0 aliphatic carbocycles. The Morgan fingerprint density at radius 1 is 1.31 bits per heavy atom. The molecule has 0 bridgehead atoms. The molecule has 0 radical (unpaired) electrons. The summed E-state index contributed by atoms with van der Waals surface area (Å²) in [6.07, 6.45) is 1.70. The number of nitrogens with zero attached hydrogens (tertiary/aromatic N) is 1. The molecule has 3 aliphatic rings. The summed E-state index contributed by atoms with van der Waals surface area (Å²) < 4.78 is 11.5. The molecule has 0 aromatic carbocycles. The topological polar surface area (TPSA) is 93.1 Å². The molecule has 0 amide bonds. The van der Waals surface area contributed by atoms with Crippen molar-refractivity contribution in [2.24, 2.45) is 17.8 Å². The minimum Gasteiger partial charge on any atom is -0.459 e. The zero-order chi connectivity index (χ0) is 19.5. The van der Waals surface area contributed by atoms with Crippen molar-refractivity contribution >= 4 is 11.9 Å². The zero-order valence-electron chi connectivity index (χ0n) is 16.2. The molecule has 3 aliphatic heterocycles. The number of likely N-dealkylation sites (N-methyl/N-ethyl adjacent to an activating group) is 1. The first-order chi connectivity index (χ1) is 11.9. The van der Waals surface area contributed by atoms with Gasteiger partial charge in [-0.3, -0.25) is 9.28 Å². The standard InChI is InChI=1S/C19H30NO6/c1-11(2)15-12(3)18(4,23)17(22)25-10-13-6-8-20(5)9-7-14(19(13,20)24)26-16(15)21/h6,11-12,14-15,23-24H,7-10H2,1-5H3/q+1/t12-,14+,15+,18+,19-,20-/m0/s1. The van der Waals surface area contributed by atoms with E-state index in [-0.39, 0.29) is 12.5 Å². The summed E-state index contributed by atoms with van der Waals surface area (Å²) >= 11 is 0. The second-order valence-corrected chi connectivity index (χ2v) is 8.75. The summed E-state index contributed by atoms with van der Waals surface area (Å²) in [7, 11) is 1.91. The number of carbonyl (C=O) groups excluding carboxylic acids is 2. The molecule has 26 heavy (non-hydrogen) atoms. The van der Waals surface area contributed by atoms with Crippen molar-refractivity contribution in [1.29, 1.82) is 0 Å². The van der Waals surface area contributed by atoms with Gasteiger partial charge in [0.1, 0.15) is 13.2 Å². The number of esters is 2. The first-order valence-corrected chi connectivity index (χ1v) is 9.31. The highest BCUT2D eigenvalue weighted by atomic mass is 16.6. The van der Waals surface area contributed by atoms with E-state index in [1.54, 1.807) is 6.92 Å². The van der Waals surface area contributed by atoms with Gasteiger partial charge in [0.05, 0.1) is 25.1 Å². The van der Waals surface area contributed by atoms with Gasteiger partial charge in [-0.05, 0) is 18.9 Å². The van der Waals surface area contributed by atoms with Crippen LogP contribution in [0.2, 0.25) is 0 Å². The average Bonchev–Trinajstić information content (AvgIpc) is 2.93. The maximum absolute atomic E-state index is 13.0. The predicted molar refractivity (Wildman–Crippen MR) is 92.5 cm³/mol. The first-order valence-electron chi connectivity index (χ1n) is 9.31. The molecule has 0 spiro atoms. The Hall–Kier alpha value is -1.44. The predicted octanol–water partition coefficient (Wildman–Crippen LogP) is 0.593. The largest absolute Gasteiger partial charge is 0.459 e. The summed E-state index contributed by atoms with van der Waals surface area (Å²) in [5, 5.41) is 22.3. The van der Waals surface area contributed by atoms with Crippen LogP contribution in [0.15, 0.2) is 11.6 Å². The lowest BCUT2D eigenvalue weighted by Crippen LogP contribution is -2.61. The van der Waals surface area contributed by atoms with E-state index in [1.807, 2.05) is 27.0 Å². The number of cyclic esters (lactones) is 1. The van der Waals surface area contributed by atoms with Gasteiger partial charge in [0.25, 0.3) is 5.72 Å². The van der Waals surface area contributed by atoms with Gasteiger partial charge in [0.2, 0.25) is 0 Å². The molecule has 0 aromatic rings.